The second-order valence-electron chi connectivity index (χ2n) is 6.38. The molecule has 2 rings (SSSR count). The van der Waals surface area contributed by atoms with Crippen LogP contribution in [0.3, 0.4) is 0 Å². The van der Waals surface area contributed by atoms with Gasteiger partial charge < -0.3 is 10.2 Å². The molecule has 0 amide bonds. The van der Waals surface area contributed by atoms with Crippen LogP contribution in [-0.2, 0) is 6.42 Å². The van der Waals surface area contributed by atoms with Crippen molar-refractivity contribution < 1.29 is 0 Å². The van der Waals surface area contributed by atoms with E-state index in [0.717, 1.165) is 5.92 Å². The van der Waals surface area contributed by atoms with Crippen LogP contribution in [-0.4, -0.2) is 37.6 Å². The Kier molecular flexibility index (Phi) is 4.87. The van der Waals surface area contributed by atoms with Gasteiger partial charge in [-0.05, 0) is 63.9 Å². The molecule has 20 heavy (non-hydrogen) atoms. The maximum absolute atomic E-state index is 3.61. The van der Waals surface area contributed by atoms with Gasteiger partial charge in [0.25, 0.3) is 0 Å². The molecular weight excluding hydrogens is 244 g/mol. The Bertz CT molecular complexity index is 435. The van der Waals surface area contributed by atoms with Gasteiger partial charge in [-0.1, -0.05) is 38.1 Å². The van der Waals surface area contributed by atoms with Gasteiger partial charge in [0.1, 0.15) is 0 Å². The van der Waals surface area contributed by atoms with E-state index in [1.54, 1.807) is 11.1 Å². The average Bonchev–Trinajstić information content (AvgIpc) is 2.43. The van der Waals surface area contributed by atoms with E-state index in [-0.39, 0.29) is 5.54 Å². The summed E-state index contributed by atoms with van der Waals surface area (Å²) in [6.45, 7) is 4.64. The van der Waals surface area contributed by atoms with E-state index >= 15 is 0 Å². The van der Waals surface area contributed by atoms with E-state index in [9.17, 15) is 0 Å². The Hall–Kier alpha value is -0.860. The molecule has 0 saturated carbocycles. The zero-order valence-corrected chi connectivity index (χ0v) is 13.7. The van der Waals surface area contributed by atoms with E-state index in [4.69, 9.17) is 0 Å². The predicted molar refractivity (Wildman–Crippen MR) is 87.4 cm³/mol. The molecule has 0 aromatic heterocycles. The zero-order valence-electron chi connectivity index (χ0n) is 13.7. The van der Waals surface area contributed by atoms with E-state index in [2.05, 4.69) is 69.5 Å². The minimum absolute atomic E-state index is 0.263. The van der Waals surface area contributed by atoms with Crippen LogP contribution in [0.5, 0.6) is 0 Å². The van der Waals surface area contributed by atoms with Crippen LogP contribution in [0.2, 0.25) is 0 Å². The first-order chi connectivity index (χ1) is 9.58. The molecule has 0 bridgehead atoms. The van der Waals surface area contributed by atoms with Crippen molar-refractivity contribution in [3.05, 3.63) is 35.4 Å². The Morgan fingerprint density at radius 2 is 1.90 bits per heavy atom. The van der Waals surface area contributed by atoms with Gasteiger partial charge in [0, 0.05) is 11.6 Å². The zero-order chi connectivity index (χ0) is 14.8. The lowest BCUT2D eigenvalue weighted by Crippen LogP contribution is -2.58. The summed E-state index contributed by atoms with van der Waals surface area (Å²) in [7, 11) is 6.58. The summed E-state index contributed by atoms with van der Waals surface area (Å²) in [4.78, 5) is 2.43. The van der Waals surface area contributed by atoms with Gasteiger partial charge in [-0.3, -0.25) is 0 Å². The van der Waals surface area contributed by atoms with Gasteiger partial charge >= 0.3 is 0 Å². The van der Waals surface area contributed by atoms with Crippen molar-refractivity contribution in [1.29, 1.82) is 0 Å². The highest BCUT2D eigenvalue weighted by Crippen LogP contribution is 2.41. The van der Waals surface area contributed by atoms with Crippen molar-refractivity contribution in [2.24, 2.45) is 0 Å². The molecule has 1 aromatic rings. The molecule has 2 atom stereocenters. The van der Waals surface area contributed by atoms with Crippen molar-refractivity contribution in [3.8, 4) is 0 Å². The first kappa shape index (κ1) is 15.5. The lowest BCUT2D eigenvalue weighted by Gasteiger charge is -2.47. The highest BCUT2D eigenvalue weighted by atomic mass is 15.2. The number of rotatable bonds is 7. The SMILES string of the molecule is CCC(CC)(C(CC1Cc2ccccc21)NC)N(C)C. The fourth-order valence-corrected chi connectivity index (χ4v) is 4.15. The number of fused-ring (bicyclic) bond motifs is 1. The summed E-state index contributed by atoms with van der Waals surface area (Å²) >= 11 is 0. The smallest absolute Gasteiger partial charge is 0.0351 e. The molecule has 0 aliphatic heterocycles. The molecule has 0 fully saturated rings. The number of benzene rings is 1. The van der Waals surface area contributed by atoms with Gasteiger partial charge in [-0.25, -0.2) is 0 Å². The third-order valence-electron chi connectivity index (χ3n) is 5.59. The highest BCUT2D eigenvalue weighted by Gasteiger charge is 2.39. The second-order valence-corrected chi connectivity index (χ2v) is 6.38. The molecule has 2 nitrogen and oxygen atoms in total. The van der Waals surface area contributed by atoms with E-state index < -0.39 is 0 Å². The van der Waals surface area contributed by atoms with Crippen molar-refractivity contribution in [2.45, 2.75) is 57.0 Å². The minimum Gasteiger partial charge on any atom is -0.315 e. The van der Waals surface area contributed by atoms with Crippen LogP contribution < -0.4 is 5.32 Å². The molecule has 0 spiro atoms. The molecule has 1 aliphatic rings. The Balaban J connectivity index is 2.14. The van der Waals surface area contributed by atoms with Crippen LogP contribution in [0.25, 0.3) is 0 Å². The molecule has 2 heteroatoms. The summed E-state index contributed by atoms with van der Waals surface area (Å²) < 4.78 is 0. The van der Waals surface area contributed by atoms with Crippen molar-refractivity contribution in [3.63, 3.8) is 0 Å². The summed E-state index contributed by atoms with van der Waals surface area (Å²) in [6, 6.07) is 9.47. The van der Waals surface area contributed by atoms with E-state index in [0.29, 0.717) is 6.04 Å². The molecular formula is C18H30N2. The van der Waals surface area contributed by atoms with E-state index in [1.165, 1.54) is 25.7 Å². The third-order valence-corrected chi connectivity index (χ3v) is 5.59. The van der Waals surface area contributed by atoms with Crippen molar-refractivity contribution in [1.82, 2.24) is 10.2 Å². The second kappa shape index (κ2) is 6.28. The molecule has 112 valence electrons. The van der Waals surface area contributed by atoms with Crippen LogP contribution in [0.15, 0.2) is 24.3 Å². The summed E-state index contributed by atoms with van der Waals surface area (Å²) in [5.74, 6) is 0.737. The average molecular weight is 274 g/mol. The Labute approximate surface area is 124 Å². The minimum atomic E-state index is 0.263. The number of likely N-dealkylation sites (N-methyl/N-ethyl adjacent to an activating group) is 2. The van der Waals surface area contributed by atoms with Crippen LogP contribution in [0, 0.1) is 0 Å². The largest absolute Gasteiger partial charge is 0.315 e. The summed E-state index contributed by atoms with van der Waals surface area (Å²) in [5.41, 5.74) is 3.39. The molecule has 2 unspecified atom stereocenters. The normalized spacial score (nSPS) is 19.6. The van der Waals surface area contributed by atoms with Gasteiger partial charge in [0.05, 0.1) is 0 Å². The Morgan fingerprint density at radius 3 is 2.40 bits per heavy atom. The fourth-order valence-electron chi connectivity index (χ4n) is 4.15. The first-order valence-electron chi connectivity index (χ1n) is 8.01. The number of nitrogens with zero attached hydrogens (tertiary/aromatic N) is 1. The lowest BCUT2D eigenvalue weighted by atomic mass is 9.70. The van der Waals surface area contributed by atoms with Crippen molar-refractivity contribution in [2.75, 3.05) is 21.1 Å². The number of hydrogen-bond acceptors (Lipinski definition) is 2. The molecule has 1 N–H and O–H groups in total. The standard InChI is InChI=1S/C18H30N2/c1-6-18(7-2,20(4)5)17(19-3)13-15-12-14-10-8-9-11-16(14)15/h8-11,15,17,19H,6-7,12-13H2,1-5H3. The maximum Gasteiger partial charge on any atom is 0.0351 e. The van der Waals surface area contributed by atoms with Gasteiger partial charge in [-0.15, -0.1) is 0 Å². The number of nitrogens with one attached hydrogen (secondary N) is 1. The van der Waals surface area contributed by atoms with Gasteiger partial charge in [-0.2, -0.15) is 0 Å². The quantitative estimate of drug-likeness (QED) is 0.819. The predicted octanol–water partition coefficient (Wildman–Crippen LogP) is 3.42. The van der Waals surface area contributed by atoms with Crippen LogP contribution in [0.1, 0.15) is 50.2 Å². The van der Waals surface area contributed by atoms with Gasteiger partial charge in [0.15, 0.2) is 0 Å². The molecule has 1 aliphatic carbocycles. The van der Waals surface area contributed by atoms with Crippen LogP contribution in [0.4, 0.5) is 0 Å². The topological polar surface area (TPSA) is 15.3 Å². The summed E-state index contributed by atoms with van der Waals surface area (Å²) in [5, 5.41) is 3.61. The molecule has 0 heterocycles. The summed E-state index contributed by atoms with van der Waals surface area (Å²) in [6.07, 6.45) is 4.88. The highest BCUT2D eigenvalue weighted by molar-refractivity contribution is 5.40. The van der Waals surface area contributed by atoms with Crippen molar-refractivity contribution >= 4 is 0 Å². The maximum atomic E-state index is 3.61. The lowest BCUT2D eigenvalue weighted by molar-refractivity contribution is 0.0830. The molecule has 0 saturated heterocycles. The first-order valence-corrected chi connectivity index (χ1v) is 8.01. The number of hydrogen-bond donors (Lipinski definition) is 1. The molecule has 1 aromatic carbocycles. The fraction of sp³-hybridized carbons (Fsp3) is 0.667. The van der Waals surface area contributed by atoms with E-state index in [1.807, 2.05) is 0 Å². The molecule has 0 radical (unpaired) electrons. The third kappa shape index (κ3) is 2.51. The van der Waals surface area contributed by atoms with Gasteiger partial charge in [0.2, 0.25) is 0 Å². The van der Waals surface area contributed by atoms with Crippen LogP contribution >= 0.6 is 0 Å². The monoisotopic (exact) mass is 274 g/mol. The Morgan fingerprint density at radius 1 is 1.25 bits per heavy atom.